The zero-order valence-electron chi connectivity index (χ0n) is 5.83. The molecule has 1 atom stereocenters. The Morgan fingerprint density at radius 3 is 2.30 bits per heavy atom. The Morgan fingerprint density at radius 1 is 1.50 bits per heavy atom. The highest BCUT2D eigenvalue weighted by atomic mass is 16.1. The van der Waals surface area contributed by atoms with E-state index in [0.717, 1.165) is 0 Å². The molecular formula is C6H11N2O2. The van der Waals surface area contributed by atoms with Gasteiger partial charge in [-0.15, -0.1) is 0 Å². The highest BCUT2D eigenvalue weighted by Gasteiger charge is 2.09. The smallest absolute Gasteiger partial charge is 0.220 e. The molecule has 0 aromatic rings. The lowest BCUT2D eigenvalue weighted by Gasteiger charge is -2.02. The molecule has 0 aliphatic rings. The largest absolute Gasteiger partial charge is 0.370 e. The molecule has 57 valence electrons. The van der Waals surface area contributed by atoms with E-state index in [2.05, 4.69) is 0 Å². The van der Waals surface area contributed by atoms with E-state index < -0.39 is 11.8 Å². The second-order valence-electron chi connectivity index (χ2n) is 2.10. The Balaban J connectivity index is 3.49. The summed E-state index contributed by atoms with van der Waals surface area (Å²) in [5, 5.41) is 0. The van der Waals surface area contributed by atoms with Gasteiger partial charge in [-0.2, -0.15) is 0 Å². The normalized spacial score (nSPS) is 12.5. The number of carbonyl (C=O) groups excluding carboxylic acids is 2. The van der Waals surface area contributed by atoms with Crippen molar-refractivity contribution in [3.63, 3.8) is 0 Å². The van der Waals surface area contributed by atoms with Gasteiger partial charge in [-0.25, -0.2) is 0 Å². The standard InChI is InChI=1S/C6H11N2O2/c1-4(6(8)10)2-3-5(7)9/h2,4H,3H2,1H3,(H2,7,9)(H2,8,10)/t4-/m1/s1. The van der Waals surface area contributed by atoms with E-state index in [9.17, 15) is 9.59 Å². The van der Waals surface area contributed by atoms with Crippen molar-refractivity contribution in [3.05, 3.63) is 6.42 Å². The first-order valence-corrected chi connectivity index (χ1v) is 2.95. The van der Waals surface area contributed by atoms with Crippen LogP contribution < -0.4 is 11.5 Å². The van der Waals surface area contributed by atoms with Crippen molar-refractivity contribution in [2.45, 2.75) is 13.3 Å². The molecule has 0 saturated carbocycles. The first kappa shape index (κ1) is 8.94. The van der Waals surface area contributed by atoms with Gasteiger partial charge in [-0.3, -0.25) is 9.59 Å². The maximum atomic E-state index is 10.4. The molecule has 0 bridgehead atoms. The van der Waals surface area contributed by atoms with E-state index in [1.165, 1.54) is 6.42 Å². The second kappa shape index (κ2) is 3.87. The molecule has 0 rings (SSSR count). The minimum absolute atomic E-state index is 0.101. The maximum Gasteiger partial charge on any atom is 0.220 e. The molecule has 0 heterocycles. The van der Waals surface area contributed by atoms with Crippen LogP contribution in [0, 0.1) is 12.3 Å². The Kier molecular flexibility index (Phi) is 3.46. The molecule has 4 nitrogen and oxygen atoms in total. The summed E-state index contributed by atoms with van der Waals surface area (Å²) >= 11 is 0. The van der Waals surface area contributed by atoms with Crippen molar-refractivity contribution >= 4 is 11.8 Å². The second-order valence-corrected chi connectivity index (χ2v) is 2.10. The third-order valence-corrected chi connectivity index (χ3v) is 1.12. The third kappa shape index (κ3) is 3.88. The monoisotopic (exact) mass is 143 g/mol. The van der Waals surface area contributed by atoms with Crippen LogP contribution in [-0.2, 0) is 9.59 Å². The topological polar surface area (TPSA) is 86.2 Å². The van der Waals surface area contributed by atoms with E-state index in [1.54, 1.807) is 6.92 Å². The summed E-state index contributed by atoms with van der Waals surface area (Å²) < 4.78 is 0. The van der Waals surface area contributed by atoms with Gasteiger partial charge in [0.1, 0.15) is 0 Å². The first-order chi connectivity index (χ1) is 4.54. The van der Waals surface area contributed by atoms with Crippen LogP contribution in [0.4, 0.5) is 0 Å². The highest BCUT2D eigenvalue weighted by Crippen LogP contribution is 2.01. The van der Waals surface area contributed by atoms with E-state index in [1.807, 2.05) is 0 Å². The fraction of sp³-hybridized carbons (Fsp3) is 0.500. The van der Waals surface area contributed by atoms with Crippen LogP contribution in [0.3, 0.4) is 0 Å². The van der Waals surface area contributed by atoms with Crippen LogP contribution in [0.5, 0.6) is 0 Å². The van der Waals surface area contributed by atoms with E-state index in [-0.39, 0.29) is 12.3 Å². The Bertz CT molecular complexity index is 145. The van der Waals surface area contributed by atoms with Crippen LogP contribution in [-0.4, -0.2) is 11.8 Å². The molecule has 0 aliphatic heterocycles. The summed E-state index contributed by atoms with van der Waals surface area (Å²) in [6.45, 7) is 1.62. The van der Waals surface area contributed by atoms with Gasteiger partial charge in [0.25, 0.3) is 0 Å². The predicted octanol–water partition coefficient (Wildman–Crippen LogP) is -0.813. The van der Waals surface area contributed by atoms with Gasteiger partial charge in [-0.05, 0) is 6.42 Å². The fourth-order valence-corrected chi connectivity index (χ4v) is 0.409. The molecule has 0 fully saturated rings. The van der Waals surface area contributed by atoms with Crippen LogP contribution >= 0.6 is 0 Å². The highest BCUT2D eigenvalue weighted by molar-refractivity contribution is 5.80. The Morgan fingerprint density at radius 2 is 2.00 bits per heavy atom. The number of rotatable bonds is 4. The van der Waals surface area contributed by atoms with Gasteiger partial charge in [0.15, 0.2) is 0 Å². The van der Waals surface area contributed by atoms with Gasteiger partial charge in [0, 0.05) is 12.3 Å². The lowest BCUT2D eigenvalue weighted by atomic mass is 10.1. The van der Waals surface area contributed by atoms with Crippen LogP contribution in [0.15, 0.2) is 0 Å². The molecule has 4 heteroatoms. The zero-order valence-corrected chi connectivity index (χ0v) is 5.83. The summed E-state index contributed by atoms with van der Waals surface area (Å²) in [5.74, 6) is -1.28. The lowest BCUT2D eigenvalue weighted by molar-refractivity contribution is -0.120. The summed E-state index contributed by atoms with van der Waals surface area (Å²) in [6, 6.07) is 0. The van der Waals surface area contributed by atoms with Crippen LogP contribution in [0.25, 0.3) is 0 Å². The number of hydrogen-bond acceptors (Lipinski definition) is 2. The number of carbonyl (C=O) groups is 2. The molecule has 0 unspecified atom stereocenters. The summed E-state index contributed by atoms with van der Waals surface area (Å²) in [7, 11) is 0. The van der Waals surface area contributed by atoms with Crippen molar-refractivity contribution in [1.29, 1.82) is 0 Å². The van der Waals surface area contributed by atoms with Crippen molar-refractivity contribution in [3.8, 4) is 0 Å². The maximum absolute atomic E-state index is 10.4. The quantitative estimate of drug-likeness (QED) is 0.539. The van der Waals surface area contributed by atoms with Gasteiger partial charge < -0.3 is 11.5 Å². The first-order valence-electron chi connectivity index (χ1n) is 2.95. The molecule has 2 amide bonds. The minimum Gasteiger partial charge on any atom is -0.370 e. The molecule has 0 aromatic carbocycles. The number of hydrogen-bond donors (Lipinski definition) is 2. The molecule has 0 saturated heterocycles. The lowest BCUT2D eigenvalue weighted by Crippen LogP contribution is -2.23. The number of amides is 2. The SMILES string of the molecule is C[C@H]([CH]CC(N)=O)C(N)=O. The molecule has 0 aliphatic carbocycles. The van der Waals surface area contributed by atoms with Crippen molar-refractivity contribution in [2.24, 2.45) is 17.4 Å². The van der Waals surface area contributed by atoms with Crippen molar-refractivity contribution < 1.29 is 9.59 Å². The van der Waals surface area contributed by atoms with Crippen LogP contribution in [0.2, 0.25) is 0 Å². The van der Waals surface area contributed by atoms with Gasteiger partial charge >= 0.3 is 0 Å². The summed E-state index contributed by atoms with van der Waals surface area (Å²) in [5.41, 5.74) is 9.72. The van der Waals surface area contributed by atoms with E-state index in [4.69, 9.17) is 11.5 Å². The van der Waals surface area contributed by atoms with E-state index in [0.29, 0.717) is 0 Å². The molecule has 1 radical (unpaired) electrons. The average Bonchev–Trinajstić information content (AvgIpc) is 1.82. The summed E-state index contributed by atoms with van der Waals surface area (Å²) in [6.07, 6.45) is 1.59. The minimum atomic E-state index is -0.451. The van der Waals surface area contributed by atoms with Gasteiger partial charge in [0.05, 0.1) is 0 Å². The summed E-state index contributed by atoms with van der Waals surface area (Å²) in [4.78, 5) is 20.5. The van der Waals surface area contributed by atoms with Crippen molar-refractivity contribution in [2.75, 3.05) is 0 Å². The van der Waals surface area contributed by atoms with Crippen molar-refractivity contribution in [1.82, 2.24) is 0 Å². The molecular weight excluding hydrogens is 132 g/mol. The molecule has 10 heavy (non-hydrogen) atoms. The fourth-order valence-electron chi connectivity index (χ4n) is 0.409. The average molecular weight is 143 g/mol. The zero-order chi connectivity index (χ0) is 8.15. The van der Waals surface area contributed by atoms with Gasteiger partial charge in [0.2, 0.25) is 11.8 Å². The third-order valence-electron chi connectivity index (χ3n) is 1.12. The molecule has 4 N–H and O–H groups in total. The van der Waals surface area contributed by atoms with Gasteiger partial charge in [-0.1, -0.05) is 6.92 Å². The number of primary amides is 2. The number of nitrogens with two attached hydrogens (primary N) is 2. The van der Waals surface area contributed by atoms with Crippen LogP contribution in [0.1, 0.15) is 13.3 Å². The Hall–Kier alpha value is -1.06. The molecule has 0 spiro atoms. The van der Waals surface area contributed by atoms with E-state index >= 15 is 0 Å². The predicted molar refractivity (Wildman–Crippen MR) is 36.5 cm³/mol. The Labute approximate surface area is 59.6 Å². The molecule has 0 aromatic heterocycles.